The minimum Gasteiger partial charge on any atom is -0.480 e. The highest BCUT2D eigenvalue weighted by Crippen LogP contribution is 2.40. The van der Waals surface area contributed by atoms with Crippen molar-refractivity contribution in [1.29, 1.82) is 5.41 Å². The van der Waals surface area contributed by atoms with Crippen molar-refractivity contribution in [3.63, 3.8) is 0 Å². The van der Waals surface area contributed by atoms with Crippen LogP contribution in [-0.2, 0) is 10.2 Å². The number of carboxylic acid groups (broad SMARTS) is 1. The number of rotatable bonds is 10. The van der Waals surface area contributed by atoms with E-state index in [2.05, 4.69) is 10.3 Å². The third kappa shape index (κ3) is 6.66. The molecule has 0 bridgehead atoms. The molecule has 1 aliphatic rings. The molecule has 2 unspecified atom stereocenters. The maximum Gasteiger partial charge on any atom is 0.327 e. The number of aromatic nitrogens is 4. The molecule has 0 saturated carbocycles. The maximum absolute atomic E-state index is 13.0. The van der Waals surface area contributed by atoms with Crippen molar-refractivity contribution in [2.75, 3.05) is 26.0 Å². The van der Waals surface area contributed by atoms with Crippen molar-refractivity contribution in [3.05, 3.63) is 94.8 Å². The van der Waals surface area contributed by atoms with Crippen LogP contribution in [0.4, 0.5) is 5.69 Å². The van der Waals surface area contributed by atoms with Crippen LogP contribution in [0, 0.1) is 12.3 Å². The zero-order valence-corrected chi connectivity index (χ0v) is 28.8. The summed E-state index contributed by atoms with van der Waals surface area (Å²) in [5.74, 6) is -0.360. The number of anilines is 1. The number of carbonyl (C=O) groups is 2. The quantitative estimate of drug-likeness (QED) is 0.0978. The average molecular weight is 677 g/mol. The number of aliphatic carboxylic acids is 1. The molecule has 3 heterocycles. The number of nitrogens with two attached hydrogens (primary N) is 1. The molecule has 2 atom stereocenters. The molecule has 0 aliphatic carbocycles. The van der Waals surface area contributed by atoms with Gasteiger partial charge in [-0.3, -0.25) is 14.8 Å². The fraction of sp³-hybridized carbons (Fsp3) is 0.297. The molecule has 0 fully saturated rings. The highest BCUT2D eigenvalue weighted by molar-refractivity contribution is 5.95. The first-order valence-corrected chi connectivity index (χ1v) is 16.2. The normalized spacial score (nSPS) is 14.5. The van der Waals surface area contributed by atoms with Crippen molar-refractivity contribution < 1.29 is 24.2 Å². The lowest BCUT2D eigenvalue weighted by molar-refractivity contribution is -0.141. The first-order valence-electron chi connectivity index (χ1n) is 16.2. The third-order valence-corrected chi connectivity index (χ3v) is 8.71. The highest BCUT2D eigenvalue weighted by atomic mass is 16.5. The fourth-order valence-electron chi connectivity index (χ4n) is 6.24. The first kappa shape index (κ1) is 33.9. The Kier molecular flexibility index (Phi) is 8.91. The van der Waals surface area contributed by atoms with E-state index in [1.165, 1.54) is 4.90 Å². The number of amides is 1. The molecule has 0 radical (unpaired) electrons. The van der Waals surface area contributed by atoms with Gasteiger partial charge in [0.25, 0.3) is 11.8 Å². The predicted molar refractivity (Wildman–Crippen MR) is 190 cm³/mol. The Morgan fingerprint density at radius 1 is 1.04 bits per heavy atom. The minimum absolute atomic E-state index is 0.0124. The van der Waals surface area contributed by atoms with E-state index < -0.39 is 12.0 Å². The molecule has 13 heteroatoms. The number of nitrogens with one attached hydrogen (secondary N) is 2. The predicted octanol–water partition coefficient (Wildman–Crippen LogP) is 6.23. The number of hydrogen-bond acceptors (Lipinski definition) is 9. The molecule has 2 aromatic heterocycles. The summed E-state index contributed by atoms with van der Waals surface area (Å²) in [4.78, 5) is 41.3. The van der Waals surface area contributed by atoms with Crippen molar-refractivity contribution in [2.45, 2.75) is 51.5 Å². The number of nitrogens with zero attached hydrogens (tertiary/aromatic N) is 5. The molecule has 1 amide bonds. The molecule has 5 aromatic rings. The lowest BCUT2D eigenvalue weighted by atomic mass is 9.85. The van der Waals surface area contributed by atoms with Gasteiger partial charge in [-0.15, -0.1) is 0 Å². The average Bonchev–Trinajstić information content (AvgIpc) is 3.62. The van der Waals surface area contributed by atoms with Gasteiger partial charge in [0.15, 0.2) is 11.2 Å². The van der Waals surface area contributed by atoms with Gasteiger partial charge in [0.1, 0.15) is 29.2 Å². The summed E-state index contributed by atoms with van der Waals surface area (Å²) in [7, 11) is 3.32. The van der Waals surface area contributed by atoms with Crippen LogP contribution in [0.15, 0.2) is 66.7 Å². The molecule has 258 valence electrons. The third-order valence-electron chi connectivity index (χ3n) is 8.71. The second-order valence-corrected chi connectivity index (χ2v) is 13.6. The Morgan fingerprint density at radius 3 is 2.50 bits per heavy atom. The molecule has 1 aliphatic heterocycles. The molecule has 50 heavy (non-hydrogen) atoms. The fourth-order valence-corrected chi connectivity index (χ4v) is 6.24. The van der Waals surface area contributed by atoms with Gasteiger partial charge in [-0.25, -0.2) is 9.78 Å². The number of fused-ring (bicyclic) bond motifs is 2. The number of aryl methyl sites for hydroxylation is 1. The minimum atomic E-state index is -1.04. The van der Waals surface area contributed by atoms with E-state index in [1.54, 1.807) is 62.0 Å². The van der Waals surface area contributed by atoms with Crippen LogP contribution < -0.4 is 20.5 Å². The number of ether oxygens (including phenoxy) is 2. The van der Waals surface area contributed by atoms with Crippen LogP contribution >= 0.6 is 0 Å². The summed E-state index contributed by atoms with van der Waals surface area (Å²) in [5, 5.41) is 22.0. The van der Waals surface area contributed by atoms with Crippen LogP contribution in [-0.4, -0.2) is 67.9 Å². The monoisotopic (exact) mass is 676 g/mol. The number of hydrogen-bond donors (Lipinski definition) is 4. The summed E-state index contributed by atoms with van der Waals surface area (Å²) >= 11 is 0. The van der Waals surface area contributed by atoms with E-state index in [0.717, 1.165) is 16.8 Å². The lowest BCUT2D eigenvalue weighted by Gasteiger charge is -2.23. The smallest absolute Gasteiger partial charge is 0.327 e. The number of benzene rings is 3. The summed E-state index contributed by atoms with van der Waals surface area (Å²) in [5.41, 5.74) is 9.59. The summed E-state index contributed by atoms with van der Waals surface area (Å²) in [6, 6.07) is 18.6. The number of amidine groups is 1. The molecular weight excluding hydrogens is 636 g/mol. The van der Waals surface area contributed by atoms with Crippen LogP contribution in [0.2, 0.25) is 0 Å². The highest BCUT2D eigenvalue weighted by Gasteiger charge is 2.33. The Bertz CT molecular complexity index is 2130. The Morgan fingerprint density at radius 2 is 1.80 bits per heavy atom. The number of carbonyl (C=O) groups excluding carboxylic acids is 1. The van der Waals surface area contributed by atoms with Crippen molar-refractivity contribution in [2.24, 2.45) is 5.73 Å². The second-order valence-electron chi connectivity index (χ2n) is 13.6. The van der Waals surface area contributed by atoms with E-state index in [4.69, 9.17) is 30.6 Å². The van der Waals surface area contributed by atoms with Crippen molar-refractivity contribution in [1.82, 2.24) is 24.4 Å². The molecule has 0 spiro atoms. The maximum atomic E-state index is 13.0. The summed E-state index contributed by atoms with van der Waals surface area (Å²) < 4.78 is 14.3. The Balaban J connectivity index is 1.50. The van der Waals surface area contributed by atoms with Gasteiger partial charge in [0.05, 0.1) is 0 Å². The first-order chi connectivity index (χ1) is 23.7. The molecule has 3 aromatic carbocycles. The Hall–Kier alpha value is -5.98. The van der Waals surface area contributed by atoms with Crippen LogP contribution in [0.5, 0.6) is 23.4 Å². The SMILES string of the molecule is Cc1nc2c(Oc3cccc(C(=O)N(C)C)c3)nc(Oc3cc(C(=N)N)ccc3C(C)(C)C)nc2n1C(CC1CNc2ccccc21)C(=O)O. The number of imidazole rings is 1. The van der Waals surface area contributed by atoms with E-state index in [9.17, 15) is 14.7 Å². The van der Waals surface area contributed by atoms with Gasteiger partial charge in [0, 0.05) is 48.9 Å². The summed E-state index contributed by atoms with van der Waals surface area (Å²) in [6.07, 6.45) is 0.269. The van der Waals surface area contributed by atoms with Gasteiger partial charge in [0.2, 0.25) is 0 Å². The van der Waals surface area contributed by atoms with E-state index in [1.807, 2.05) is 51.1 Å². The second kappa shape index (κ2) is 13.1. The van der Waals surface area contributed by atoms with Crippen molar-refractivity contribution >= 4 is 34.6 Å². The largest absolute Gasteiger partial charge is 0.480 e. The van der Waals surface area contributed by atoms with Crippen molar-refractivity contribution in [3.8, 4) is 23.4 Å². The van der Waals surface area contributed by atoms with E-state index >= 15 is 0 Å². The molecule has 13 nitrogen and oxygen atoms in total. The number of nitrogen functional groups attached to an aromatic ring is 1. The van der Waals surface area contributed by atoms with E-state index in [0.29, 0.717) is 35.0 Å². The number of para-hydroxylation sites is 1. The van der Waals surface area contributed by atoms with Gasteiger partial charge < -0.3 is 30.5 Å². The molecule has 6 rings (SSSR count). The topological polar surface area (TPSA) is 182 Å². The molecular formula is C37H40N8O5. The van der Waals surface area contributed by atoms with Crippen LogP contribution in [0.25, 0.3) is 11.2 Å². The molecule has 0 saturated heterocycles. The number of carboxylic acids is 1. The molecule has 5 N–H and O–H groups in total. The van der Waals surface area contributed by atoms with Gasteiger partial charge >= 0.3 is 12.0 Å². The van der Waals surface area contributed by atoms with Gasteiger partial charge in [-0.05, 0) is 54.7 Å². The lowest BCUT2D eigenvalue weighted by Crippen LogP contribution is -2.23. The van der Waals surface area contributed by atoms with Gasteiger partial charge in [-0.2, -0.15) is 9.97 Å². The van der Waals surface area contributed by atoms with Crippen LogP contribution in [0.3, 0.4) is 0 Å². The zero-order valence-electron chi connectivity index (χ0n) is 28.8. The summed E-state index contributed by atoms with van der Waals surface area (Å²) in [6.45, 7) is 8.38. The van der Waals surface area contributed by atoms with Gasteiger partial charge in [-0.1, -0.05) is 57.2 Å². The standard InChI is InChI=1S/C37H40N8O5/c1-20-41-30-32(45(20)28(35(47)48)17-23-19-40-27-13-8-7-12-25(23)27)42-36(50-29-18-21(31(38)39)14-15-26(29)37(2,3)4)43-33(30)49-24-11-9-10-22(16-24)34(46)44(5)6/h7-16,18,23,28,40H,17,19H2,1-6H3,(H3,38,39)(H,47,48). The van der Waals surface area contributed by atoms with E-state index in [-0.39, 0.29) is 52.6 Å². The van der Waals surface area contributed by atoms with Crippen LogP contribution in [0.1, 0.15) is 72.0 Å². The zero-order chi connectivity index (χ0) is 35.9. The Labute approximate surface area is 289 Å².